The molecule has 0 bridgehead atoms. The topological polar surface area (TPSA) is 61.6 Å². The normalized spacial score (nSPS) is 20.2. The molecule has 1 heterocycles. The van der Waals surface area contributed by atoms with Gasteiger partial charge in [0.05, 0.1) is 11.2 Å². The summed E-state index contributed by atoms with van der Waals surface area (Å²) in [5.41, 5.74) is 7.98. The first-order valence-electron chi connectivity index (χ1n) is 6.82. The van der Waals surface area contributed by atoms with Crippen molar-refractivity contribution < 1.29 is 14.1 Å². The summed E-state index contributed by atoms with van der Waals surface area (Å²) in [6.07, 6.45) is 0. The summed E-state index contributed by atoms with van der Waals surface area (Å²) in [5, 5.41) is 0. The maximum Gasteiger partial charge on any atom is 0.495 e. The van der Waals surface area contributed by atoms with Crippen molar-refractivity contribution in [1.29, 1.82) is 0 Å². The van der Waals surface area contributed by atoms with Gasteiger partial charge in [-0.25, -0.2) is 0 Å². The van der Waals surface area contributed by atoms with E-state index in [1.165, 1.54) is 0 Å². The van der Waals surface area contributed by atoms with Gasteiger partial charge in [-0.3, -0.25) is 4.79 Å². The molecule has 2 N–H and O–H groups in total. The molecule has 2 rings (SSSR count). The first kappa shape index (κ1) is 15.1. The van der Waals surface area contributed by atoms with Crippen LogP contribution < -0.4 is 11.2 Å². The number of rotatable bonds is 2. The van der Waals surface area contributed by atoms with Gasteiger partial charge < -0.3 is 15.0 Å². The fraction of sp³-hybridized carbons (Fsp3) is 0.533. The summed E-state index contributed by atoms with van der Waals surface area (Å²) in [7, 11) is -0.416. The van der Waals surface area contributed by atoms with Crippen molar-refractivity contribution in [1.82, 2.24) is 0 Å². The molecule has 0 aliphatic carbocycles. The number of amides is 1. The molecule has 1 aliphatic rings. The monoisotopic (exact) mass is 275 g/mol. The number of primary amides is 1. The van der Waals surface area contributed by atoms with E-state index in [0.717, 1.165) is 16.6 Å². The minimum Gasteiger partial charge on any atom is -0.399 e. The number of benzene rings is 1. The van der Waals surface area contributed by atoms with Crippen molar-refractivity contribution in [3.8, 4) is 0 Å². The van der Waals surface area contributed by atoms with E-state index in [2.05, 4.69) is 0 Å². The minimum absolute atomic E-state index is 0.375. The van der Waals surface area contributed by atoms with Gasteiger partial charge in [0, 0.05) is 5.56 Å². The molecule has 5 heteroatoms. The van der Waals surface area contributed by atoms with Crippen LogP contribution >= 0.6 is 0 Å². The molecule has 20 heavy (non-hydrogen) atoms. The molecule has 1 aliphatic heterocycles. The van der Waals surface area contributed by atoms with Crippen molar-refractivity contribution in [3.63, 3.8) is 0 Å². The van der Waals surface area contributed by atoms with E-state index in [0.29, 0.717) is 5.56 Å². The lowest BCUT2D eigenvalue weighted by Crippen LogP contribution is -2.41. The lowest BCUT2D eigenvalue weighted by molar-refractivity contribution is 0.00578. The lowest BCUT2D eigenvalue weighted by atomic mass is 9.74. The van der Waals surface area contributed by atoms with Crippen LogP contribution in [-0.4, -0.2) is 24.2 Å². The molecule has 0 atom stereocenters. The van der Waals surface area contributed by atoms with E-state index in [-0.39, 0.29) is 11.2 Å². The van der Waals surface area contributed by atoms with E-state index in [9.17, 15) is 4.79 Å². The van der Waals surface area contributed by atoms with Crippen molar-refractivity contribution in [3.05, 3.63) is 28.8 Å². The largest absolute Gasteiger partial charge is 0.495 e. The first-order chi connectivity index (χ1) is 9.07. The van der Waals surface area contributed by atoms with E-state index in [1.807, 2.05) is 47.6 Å². The average molecular weight is 275 g/mol. The molecule has 1 fully saturated rings. The number of hydrogen-bond donors (Lipinski definition) is 1. The highest BCUT2D eigenvalue weighted by molar-refractivity contribution is 6.62. The third-order valence-corrected chi connectivity index (χ3v) is 4.60. The van der Waals surface area contributed by atoms with Crippen LogP contribution in [0.3, 0.4) is 0 Å². The molecule has 108 valence electrons. The highest BCUT2D eigenvalue weighted by Crippen LogP contribution is 2.36. The van der Waals surface area contributed by atoms with Gasteiger partial charge in [0.2, 0.25) is 5.91 Å². The van der Waals surface area contributed by atoms with Gasteiger partial charge in [-0.2, -0.15) is 0 Å². The quantitative estimate of drug-likeness (QED) is 0.836. The molecular formula is C15H22BNO3. The second-order valence-electron chi connectivity index (χ2n) is 6.40. The van der Waals surface area contributed by atoms with Crippen LogP contribution in [0.15, 0.2) is 12.1 Å². The fourth-order valence-electron chi connectivity index (χ4n) is 2.33. The Bertz CT molecular complexity index is 550. The summed E-state index contributed by atoms with van der Waals surface area (Å²) in [6, 6.07) is 3.61. The van der Waals surface area contributed by atoms with E-state index in [4.69, 9.17) is 15.0 Å². The average Bonchev–Trinajstić information content (AvgIpc) is 2.51. The molecule has 0 unspecified atom stereocenters. The standard InChI is InChI=1S/C15H22BNO3/c1-9-10(2)12(8-7-11(9)13(17)18)16-19-14(3,4)15(5,6)20-16/h7-8H,1-6H3,(H2,17,18). The number of carbonyl (C=O) groups excluding carboxylic acids is 1. The van der Waals surface area contributed by atoms with Gasteiger partial charge in [-0.05, 0) is 64.2 Å². The summed E-state index contributed by atoms with van der Waals surface area (Å²) >= 11 is 0. The summed E-state index contributed by atoms with van der Waals surface area (Å²) < 4.78 is 12.1. The molecule has 1 aromatic rings. The van der Waals surface area contributed by atoms with Gasteiger partial charge in [-0.15, -0.1) is 0 Å². The fourth-order valence-corrected chi connectivity index (χ4v) is 2.33. The molecule has 0 aromatic heterocycles. The Balaban J connectivity index is 2.42. The van der Waals surface area contributed by atoms with Crippen LogP contribution in [-0.2, 0) is 9.31 Å². The van der Waals surface area contributed by atoms with E-state index >= 15 is 0 Å². The lowest BCUT2D eigenvalue weighted by Gasteiger charge is -2.32. The molecule has 1 amide bonds. The smallest absolute Gasteiger partial charge is 0.399 e. The Morgan fingerprint density at radius 1 is 1.05 bits per heavy atom. The van der Waals surface area contributed by atoms with E-state index < -0.39 is 13.0 Å². The van der Waals surface area contributed by atoms with Crippen LogP contribution in [0.5, 0.6) is 0 Å². The predicted molar refractivity (Wildman–Crippen MR) is 80.1 cm³/mol. The summed E-state index contributed by atoms with van der Waals surface area (Å²) in [4.78, 5) is 11.4. The summed E-state index contributed by atoms with van der Waals surface area (Å²) in [5.74, 6) is -0.411. The first-order valence-corrected chi connectivity index (χ1v) is 6.82. The van der Waals surface area contributed by atoms with Crippen LogP contribution in [0.4, 0.5) is 0 Å². The zero-order chi connectivity index (χ0) is 15.3. The van der Waals surface area contributed by atoms with Gasteiger partial charge in [0.15, 0.2) is 0 Å². The molecule has 0 radical (unpaired) electrons. The number of nitrogens with two attached hydrogens (primary N) is 1. The van der Waals surface area contributed by atoms with Gasteiger partial charge in [0.1, 0.15) is 0 Å². The third-order valence-electron chi connectivity index (χ3n) is 4.60. The van der Waals surface area contributed by atoms with Crippen LogP contribution in [0, 0.1) is 13.8 Å². The van der Waals surface area contributed by atoms with Crippen LogP contribution in [0.25, 0.3) is 0 Å². The Morgan fingerprint density at radius 2 is 1.55 bits per heavy atom. The molecule has 0 spiro atoms. The van der Waals surface area contributed by atoms with Gasteiger partial charge in [0.25, 0.3) is 0 Å². The molecule has 1 saturated heterocycles. The van der Waals surface area contributed by atoms with Crippen LogP contribution in [0.2, 0.25) is 0 Å². The molecular weight excluding hydrogens is 253 g/mol. The molecule has 4 nitrogen and oxygen atoms in total. The SMILES string of the molecule is Cc1c(B2OC(C)(C)C(C)(C)O2)ccc(C(N)=O)c1C. The second kappa shape index (κ2) is 4.60. The zero-order valence-electron chi connectivity index (χ0n) is 13.0. The zero-order valence-corrected chi connectivity index (χ0v) is 13.0. The maximum atomic E-state index is 11.4. The molecule has 1 aromatic carbocycles. The highest BCUT2D eigenvalue weighted by atomic mass is 16.7. The second-order valence-corrected chi connectivity index (χ2v) is 6.40. The van der Waals surface area contributed by atoms with Crippen molar-refractivity contribution in [2.75, 3.05) is 0 Å². The maximum absolute atomic E-state index is 11.4. The Labute approximate surface area is 120 Å². The Morgan fingerprint density at radius 3 is 2.00 bits per heavy atom. The van der Waals surface area contributed by atoms with Crippen LogP contribution in [0.1, 0.15) is 49.2 Å². The molecule has 0 saturated carbocycles. The summed E-state index contributed by atoms with van der Waals surface area (Å²) in [6.45, 7) is 11.9. The van der Waals surface area contributed by atoms with Gasteiger partial charge in [-0.1, -0.05) is 6.07 Å². The number of hydrogen-bond acceptors (Lipinski definition) is 3. The highest BCUT2D eigenvalue weighted by Gasteiger charge is 2.52. The Hall–Kier alpha value is -1.33. The van der Waals surface area contributed by atoms with Crippen molar-refractivity contribution in [2.45, 2.75) is 52.7 Å². The predicted octanol–water partition coefficient (Wildman–Crippen LogP) is 1.70. The number of carbonyl (C=O) groups is 1. The third kappa shape index (κ3) is 2.25. The van der Waals surface area contributed by atoms with Gasteiger partial charge >= 0.3 is 7.12 Å². The van der Waals surface area contributed by atoms with Crippen molar-refractivity contribution in [2.24, 2.45) is 5.73 Å². The Kier molecular flexibility index (Phi) is 3.47. The van der Waals surface area contributed by atoms with E-state index in [1.54, 1.807) is 6.07 Å². The van der Waals surface area contributed by atoms with Crippen molar-refractivity contribution >= 4 is 18.5 Å². The minimum atomic E-state index is -0.416.